The second-order valence-corrected chi connectivity index (χ2v) is 4.66. The minimum atomic E-state index is -0.184. The Hall–Kier alpha value is -1.33. The Kier molecular flexibility index (Phi) is 6.59. The van der Waals surface area contributed by atoms with E-state index in [2.05, 4.69) is 15.6 Å². The van der Waals surface area contributed by atoms with E-state index in [4.69, 9.17) is 16.3 Å². The Labute approximate surface area is 118 Å². The van der Waals surface area contributed by atoms with Gasteiger partial charge < -0.3 is 15.4 Å². The summed E-state index contributed by atoms with van der Waals surface area (Å²) < 4.78 is 5.35. The smallest absolute Gasteiger partial charge is 0.251 e. The largest absolute Gasteiger partial charge is 0.377 e. The van der Waals surface area contributed by atoms with Crippen LogP contribution in [0.1, 0.15) is 31.1 Å². The third kappa shape index (κ3) is 5.89. The highest BCUT2D eigenvalue weighted by molar-refractivity contribution is 6.29. The van der Waals surface area contributed by atoms with Crippen molar-refractivity contribution in [3.63, 3.8) is 0 Å². The molecule has 1 amide bonds. The zero-order chi connectivity index (χ0) is 14.3. The molecule has 0 spiro atoms. The minimum absolute atomic E-state index is 0.160. The summed E-state index contributed by atoms with van der Waals surface area (Å²) in [5.74, 6) is 0.411. The van der Waals surface area contributed by atoms with Crippen molar-refractivity contribution >= 4 is 23.3 Å². The Balaban J connectivity index is 2.56. The molecular formula is C13H20ClN3O2. The number of nitrogens with zero attached hydrogens (tertiary/aromatic N) is 1. The number of rotatable bonds is 7. The van der Waals surface area contributed by atoms with Crippen molar-refractivity contribution in [3.8, 4) is 0 Å². The molecule has 0 aromatic carbocycles. The number of anilines is 1. The van der Waals surface area contributed by atoms with E-state index in [0.29, 0.717) is 29.7 Å². The molecule has 106 valence electrons. The normalized spacial score (nSPS) is 10.6. The van der Waals surface area contributed by atoms with Gasteiger partial charge in [0.05, 0.1) is 12.7 Å². The second kappa shape index (κ2) is 7.96. The van der Waals surface area contributed by atoms with Gasteiger partial charge >= 0.3 is 0 Å². The monoisotopic (exact) mass is 285 g/mol. The average molecular weight is 286 g/mol. The van der Waals surface area contributed by atoms with E-state index in [1.165, 1.54) is 0 Å². The lowest BCUT2D eigenvalue weighted by molar-refractivity contribution is 0.0746. The van der Waals surface area contributed by atoms with Crippen LogP contribution in [0.4, 0.5) is 5.82 Å². The maximum absolute atomic E-state index is 11.9. The predicted octanol–water partition coefficient (Wildman–Crippen LogP) is 2.32. The van der Waals surface area contributed by atoms with Gasteiger partial charge in [0, 0.05) is 18.7 Å². The number of halogens is 1. The molecule has 5 nitrogen and oxygen atoms in total. The number of hydrogen-bond donors (Lipinski definition) is 2. The van der Waals surface area contributed by atoms with Crippen molar-refractivity contribution in [1.82, 2.24) is 10.3 Å². The van der Waals surface area contributed by atoms with Gasteiger partial charge in [-0.2, -0.15) is 0 Å². The van der Waals surface area contributed by atoms with Crippen LogP contribution in [-0.4, -0.2) is 36.7 Å². The summed E-state index contributed by atoms with van der Waals surface area (Å²) in [4.78, 5) is 16.0. The van der Waals surface area contributed by atoms with Crippen LogP contribution in [-0.2, 0) is 4.74 Å². The van der Waals surface area contributed by atoms with Gasteiger partial charge in [0.25, 0.3) is 5.91 Å². The van der Waals surface area contributed by atoms with E-state index in [9.17, 15) is 4.79 Å². The first kappa shape index (κ1) is 15.7. The predicted molar refractivity (Wildman–Crippen MR) is 76.8 cm³/mol. The fourth-order valence-electron chi connectivity index (χ4n) is 1.46. The van der Waals surface area contributed by atoms with Gasteiger partial charge in [-0.3, -0.25) is 4.79 Å². The van der Waals surface area contributed by atoms with Crippen molar-refractivity contribution in [2.45, 2.75) is 26.9 Å². The molecule has 0 atom stereocenters. The first-order valence-electron chi connectivity index (χ1n) is 6.34. The summed E-state index contributed by atoms with van der Waals surface area (Å²) in [5, 5.41) is 6.09. The Morgan fingerprint density at radius 3 is 2.84 bits per heavy atom. The van der Waals surface area contributed by atoms with Crippen LogP contribution in [0.5, 0.6) is 0 Å². The lowest BCUT2D eigenvalue weighted by Gasteiger charge is -2.10. The van der Waals surface area contributed by atoms with Gasteiger partial charge in [0.1, 0.15) is 11.0 Å². The third-order valence-electron chi connectivity index (χ3n) is 2.25. The standard InChI is InChI=1S/C13H20ClN3O2/c1-4-15-12-8-10(7-11(14)17-12)13(18)16-5-6-19-9(2)3/h7-9H,4-6H2,1-3H3,(H,15,17)(H,16,18). The first-order valence-corrected chi connectivity index (χ1v) is 6.72. The molecule has 0 aliphatic heterocycles. The summed E-state index contributed by atoms with van der Waals surface area (Å²) in [7, 11) is 0. The average Bonchev–Trinajstić information content (AvgIpc) is 2.34. The number of hydrogen-bond acceptors (Lipinski definition) is 4. The highest BCUT2D eigenvalue weighted by Gasteiger charge is 2.08. The van der Waals surface area contributed by atoms with Crippen LogP contribution >= 0.6 is 11.6 Å². The van der Waals surface area contributed by atoms with Gasteiger partial charge in [-0.1, -0.05) is 11.6 Å². The highest BCUT2D eigenvalue weighted by Crippen LogP contribution is 2.14. The van der Waals surface area contributed by atoms with Crippen LogP contribution in [0, 0.1) is 0 Å². The van der Waals surface area contributed by atoms with Crippen LogP contribution in [0.25, 0.3) is 0 Å². The number of pyridine rings is 1. The van der Waals surface area contributed by atoms with Gasteiger partial charge in [0.15, 0.2) is 0 Å². The van der Waals surface area contributed by atoms with Gasteiger partial charge in [-0.25, -0.2) is 4.98 Å². The minimum Gasteiger partial charge on any atom is -0.377 e. The molecule has 0 fully saturated rings. The summed E-state index contributed by atoms with van der Waals surface area (Å²) in [6.45, 7) is 7.53. The van der Waals surface area contributed by atoms with Crippen LogP contribution in [0.2, 0.25) is 5.15 Å². The zero-order valence-electron chi connectivity index (χ0n) is 11.5. The van der Waals surface area contributed by atoms with Crippen molar-refractivity contribution in [3.05, 3.63) is 22.8 Å². The maximum Gasteiger partial charge on any atom is 0.251 e. The van der Waals surface area contributed by atoms with Crippen LogP contribution in [0.15, 0.2) is 12.1 Å². The van der Waals surface area contributed by atoms with E-state index < -0.39 is 0 Å². The lowest BCUT2D eigenvalue weighted by Crippen LogP contribution is -2.28. The molecule has 1 heterocycles. The van der Waals surface area contributed by atoms with Gasteiger partial charge in [0.2, 0.25) is 0 Å². The molecule has 0 aliphatic rings. The molecule has 19 heavy (non-hydrogen) atoms. The summed E-state index contributed by atoms with van der Waals surface area (Å²) in [5.41, 5.74) is 0.487. The molecular weight excluding hydrogens is 266 g/mol. The van der Waals surface area contributed by atoms with E-state index in [-0.39, 0.29) is 12.0 Å². The van der Waals surface area contributed by atoms with Crippen LogP contribution in [0.3, 0.4) is 0 Å². The second-order valence-electron chi connectivity index (χ2n) is 4.27. The van der Waals surface area contributed by atoms with Crippen molar-refractivity contribution in [2.24, 2.45) is 0 Å². The lowest BCUT2D eigenvalue weighted by atomic mass is 10.2. The number of carbonyl (C=O) groups excluding carboxylic acids is 1. The molecule has 1 aromatic heterocycles. The van der Waals surface area contributed by atoms with Gasteiger partial charge in [-0.05, 0) is 32.9 Å². The quantitative estimate of drug-likeness (QED) is 0.596. The molecule has 0 unspecified atom stereocenters. The fraction of sp³-hybridized carbons (Fsp3) is 0.538. The number of nitrogens with one attached hydrogen (secondary N) is 2. The van der Waals surface area contributed by atoms with E-state index in [1.54, 1.807) is 12.1 Å². The molecule has 1 rings (SSSR count). The molecule has 0 saturated heterocycles. The summed E-state index contributed by atoms with van der Waals surface area (Å²) >= 11 is 5.88. The van der Waals surface area contributed by atoms with Crippen molar-refractivity contribution < 1.29 is 9.53 Å². The Morgan fingerprint density at radius 1 is 1.47 bits per heavy atom. The Morgan fingerprint density at radius 2 is 2.21 bits per heavy atom. The number of carbonyl (C=O) groups is 1. The maximum atomic E-state index is 11.9. The first-order chi connectivity index (χ1) is 9.02. The molecule has 1 aromatic rings. The van der Waals surface area contributed by atoms with E-state index in [0.717, 1.165) is 6.54 Å². The number of ether oxygens (including phenoxy) is 1. The molecule has 0 bridgehead atoms. The SMILES string of the molecule is CCNc1cc(C(=O)NCCOC(C)C)cc(Cl)n1. The van der Waals surface area contributed by atoms with Crippen molar-refractivity contribution in [1.29, 1.82) is 0 Å². The molecule has 0 aliphatic carbocycles. The zero-order valence-corrected chi connectivity index (χ0v) is 12.3. The Bertz CT molecular complexity index is 424. The topological polar surface area (TPSA) is 63.2 Å². The summed E-state index contributed by atoms with van der Waals surface area (Å²) in [6, 6.07) is 3.22. The highest BCUT2D eigenvalue weighted by atomic mass is 35.5. The number of aromatic nitrogens is 1. The molecule has 6 heteroatoms. The van der Waals surface area contributed by atoms with E-state index >= 15 is 0 Å². The molecule has 2 N–H and O–H groups in total. The third-order valence-corrected chi connectivity index (χ3v) is 2.45. The van der Waals surface area contributed by atoms with Crippen LogP contribution < -0.4 is 10.6 Å². The number of amides is 1. The fourth-order valence-corrected chi connectivity index (χ4v) is 1.67. The van der Waals surface area contributed by atoms with Crippen molar-refractivity contribution in [2.75, 3.05) is 25.0 Å². The van der Waals surface area contributed by atoms with Gasteiger partial charge in [-0.15, -0.1) is 0 Å². The van der Waals surface area contributed by atoms with E-state index in [1.807, 2.05) is 20.8 Å². The molecule has 0 saturated carbocycles. The summed E-state index contributed by atoms with van der Waals surface area (Å²) in [6.07, 6.45) is 0.160. The molecule has 0 radical (unpaired) electrons.